The molecule has 0 atom stereocenters. The predicted octanol–water partition coefficient (Wildman–Crippen LogP) is 4.28. The van der Waals surface area contributed by atoms with Crippen molar-refractivity contribution in [2.45, 2.75) is 65.3 Å². The Bertz CT molecular complexity index is 536. The third kappa shape index (κ3) is 2.25. The zero-order valence-corrected chi connectivity index (χ0v) is 13.1. The molecule has 1 amide bonds. The van der Waals surface area contributed by atoms with Crippen molar-refractivity contribution >= 4 is 11.6 Å². The van der Waals surface area contributed by atoms with Crippen molar-refractivity contribution < 1.29 is 4.79 Å². The molecule has 1 aliphatic heterocycles. The molecule has 0 spiro atoms. The molecule has 20 heavy (non-hydrogen) atoms. The summed E-state index contributed by atoms with van der Waals surface area (Å²) in [6.07, 6.45) is 3.83. The van der Waals surface area contributed by atoms with Crippen LogP contribution in [-0.4, -0.2) is 11.9 Å². The van der Waals surface area contributed by atoms with Crippen LogP contribution >= 0.6 is 0 Å². The van der Waals surface area contributed by atoms with Gasteiger partial charge in [-0.1, -0.05) is 39.8 Å². The number of hydrogen-bond donors (Lipinski definition) is 0. The van der Waals surface area contributed by atoms with Crippen LogP contribution in [0.15, 0.2) is 18.2 Å². The summed E-state index contributed by atoms with van der Waals surface area (Å²) in [4.78, 5) is 14.4. The molecular weight excluding hydrogens is 246 g/mol. The fourth-order valence-electron chi connectivity index (χ4n) is 3.70. The molecule has 108 valence electrons. The van der Waals surface area contributed by atoms with Crippen LogP contribution in [0.1, 0.15) is 64.0 Å². The monoisotopic (exact) mass is 271 g/mol. The van der Waals surface area contributed by atoms with Gasteiger partial charge in [0.2, 0.25) is 5.91 Å². The highest BCUT2D eigenvalue weighted by Crippen LogP contribution is 2.46. The lowest BCUT2D eigenvalue weighted by Gasteiger charge is -2.49. The van der Waals surface area contributed by atoms with Gasteiger partial charge in [0, 0.05) is 18.2 Å². The Morgan fingerprint density at radius 3 is 2.50 bits per heavy atom. The van der Waals surface area contributed by atoms with Gasteiger partial charge in [-0.05, 0) is 47.8 Å². The van der Waals surface area contributed by atoms with Gasteiger partial charge in [-0.25, -0.2) is 0 Å². The first-order chi connectivity index (χ1) is 9.37. The maximum Gasteiger partial charge on any atom is 0.227 e. The number of carbonyl (C=O) groups excluding carboxylic acids is 1. The van der Waals surface area contributed by atoms with Crippen LogP contribution in [0.25, 0.3) is 0 Å². The van der Waals surface area contributed by atoms with E-state index in [0.717, 1.165) is 19.3 Å². The summed E-state index contributed by atoms with van der Waals surface area (Å²) in [5, 5.41) is 0. The minimum absolute atomic E-state index is 0.315. The van der Waals surface area contributed by atoms with Gasteiger partial charge in [0.05, 0.1) is 0 Å². The van der Waals surface area contributed by atoms with Crippen LogP contribution in [-0.2, 0) is 11.2 Å². The Hall–Kier alpha value is -1.31. The third-order valence-corrected chi connectivity index (χ3v) is 4.85. The Morgan fingerprint density at radius 2 is 1.90 bits per heavy atom. The van der Waals surface area contributed by atoms with Crippen molar-refractivity contribution in [2.24, 2.45) is 5.41 Å². The molecule has 1 aliphatic carbocycles. The summed E-state index contributed by atoms with van der Waals surface area (Å²) in [5.74, 6) is 0.865. The van der Waals surface area contributed by atoms with Gasteiger partial charge in [-0.2, -0.15) is 0 Å². The van der Waals surface area contributed by atoms with E-state index in [-0.39, 0.29) is 0 Å². The maximum absolute atomic E-state index is 12.3. The van der Waals surface area contributed by atoms with Crippen molar-refractivity contribution in [1.29, 1.82) is 0 Å². The van der Waals surface area contributed by atoms with Crippen LogP contribution in [0.3, 0.4) is 0 Å². The van der Waals surface area contributed by atoms with E-state index in [0.29, 0.717) is 29.7 Å². The molecule has 0 bridgehead atoms. The second-order valence-corrected chi connectivity index (χ2v) is 7.53. The standard InChI is InChI=1S/C18H25NO/c1-12(2)13-5-7-16-14(9-13)6-8-17(20)19(16)15-10-18(3,4)11-15/h5,7,9,12,15H,6,8,10-11H2,1-4H3. The highest BCUT2D eigenvalue weighted by Gasteiger charge is 2.43. The molecule has 2 nitrogen and oxygen atoms in total. The number of rotatable bonds is 2. The van der Waals surface area contributed by atoms with Crippen molar-refractivity contribution in [2.75, 3.05) is 4.90 Å². The Balaban J connectivity index is 1.92. The predicted molar refractivity (Wildman–Crippen MR) is 83.1 cm³/mol. The lowest BCUT2D eigenvalue weighted by molar-refractivity contribution is -0.120. The van der Waals surface area contributed by atoms with E-state index < -0.39 is 0 Å². The van der Waals surface area contributed by atoms with Gasteiger partial charge in [0.25, 0.3) is 0 Å². The van der Waals surface area contributed by atoms with Crippen molar-refractivity contribution in [3.63, 3.8) is 0 Å². The second-order valence-electron chi connectivity index (χ2n) is 7.53. The van der Waals surface area contributed by atoms with E-state index in [1.165, 1.54) is 16.8 Å². The fraction of sp³-hybridized carbons (Fsp3) is 0.611. The van der Waals surface area contributed by atoms with Crippen LogP contribution in [0, 0.1) is 5.41 Å². The molecule has 0 radical (unpaired) electrons. The quantitative estimate of drug-likeness (QED) is 0.786. The number of nitrogens with zero attached hydrogens (tertiary/aromatic N) is 1. The molecule has 0 saturated heterocycles. The van der Waals surface area contributed by atoms with Gasteiger partial charge in [0.15, 0.2) is 0 Å². The fourth-order valence-corrected chi connectivity index (χ4v) is 3.70. The van der Waals surface area contributed by atoms with Gasteiger partial charge in [0.1, 0.15) is 0 Å². The zero-order valence-electron chi connectivity index (χ0n) is 13.1. The van der Waals surface area contributed by atoms with Crippen molar-refractivity contribution in [1.82, 2.24) is 0 Å². The summed E-state index contributed by atoms with van der Waals surface area (Å²) >= 11 is 0. The number of amides is 1. The highest BCUT2D eigenvalue weighted by atomic mass is 16.2. The Morgan fingerprint density at radius 1 is 1.20 bits per heavy atom. The number of hydrogen-bond acceptors (Lipinski definition) is 1. The molecule has 2 heteroatoms. The third-order valence-electron chi connectivity index (χ3n) is 4.85. The van der Waals surface area contributed by atoms with E-state index in [2.05, 4.69) is 50.8 Å². The first kappa shape index (κ1) is 13.7. The average Bonchev–Trinajstić information content (AvgIpc) is 2.35. The highest BCUT2D eigenvalue weighted by molar-refractivity contribution is 5.97. The largest absolute Gasteiger partial charge is 0.309 e. The number of aryl methyl sites for hydroxylation is 1. The lowest BCUT2D eigenvalue weighted by Crippen LogP contribution is -2.52. The van der Waals surface area contributed by atoms with Crippen molar-refractivity contribution in [3.8, 4) is 0 Å². The number of benzene rings is 1. The number of fused-ring (bicyclic) bond motifs is 1. The normalized spacial score (nSPS) is 21.9. The SMILES string of the molecule is CC(C)c1ccc2c(c1)CCC(=O)N2C1CC(C)(C)C1. The number of anilines is 1. The molecule has 1 fully saturated rings. The van der Waals surface area contributed by atoms with E-state index in [1.807, 2.05) is 0 Å². The topological polar surface area (TPSA) is 20.3 Å². The molecule has 1 aromatic rings. The Labute approximate surface area is 122 Å². The second kappa shape index (κ2) is 4.61. The summed E-state index contributed by atoms with van der Waals surface area (Å²) in [5.41, 5.74) is 4.32. The van der Waals surface area contributed by atoms with Gasteiger partial charge in [-0.15, -0.1) is 0 Å². The molecular formula is C18H25NO. The molecule has 1 aromatic carbocycles. The molecule has 3 rings (SSSR count). The van der Waals surface area contributed by atoms with E-state index in [9.17, 15) is 4.79 Å². The minimum atomic E-state index is 0.315. The van der Waals surface area contributed by atoms with E-state index in [1.54, 1.807) is 0 Å². The molecule has 0 aromatic heterocycles. The molecule has 0 N–H and O–H groups in total. The van der Waals surface area contributed by atoms with Gasteiger partial charge < -0.3 is 4.90 Å². The minimum Gasteiger partial charge on any atom is -0.309 e. The average molecular weight is 271 g/mol. The van der Waals surface area contributed by atoms with Crippen molar-refractivity contribution in [3.05, 3.63) is 29.3 Å². The Kier molecular flexibility index (Phi) is 3.15. The van der Waals surface area contributed by atoms with Gasteiger partial charge >= 0.3 is 0 Å². The van der Waals surface area contributed by atoms with E-state index >= 15 is 0 Å². The summed E-state index contributed by atoms with van der Waals surface area (Å²) in [7, 11) is 0. The molecule has 1 heterocycles. The first-order valence-electron chi connectivity index (χ1n) is 7.82. The smallest absolute Gasteiger partial charge is 0.227 e. The molecule has 1 saturated carbocycles. The first-order valence-corrected chi connectivity index (χ1v) is 7.82. The summed E-state index contributed by atoms with van der Waals surface area (Å²) < 4.78 is 0. The summed E-state index contributed by atoms with van der Waals surface area (Å²) in [6.45, 7) is 9.03. The lowest BCUT2D eigenvalue weighted by atomic mass is 9.67. The number of carbonyl (C=O) groups is 1. The van der Waals surface area contributed by atoms with E-state index in [4.69, 9.17) is 0 Å². The van der Waals surface area contributed by atoms with Crippen LogP contribution < -0.4 is 4.90 Å². The van der Waals surface area contributed by atoms with Crippen LogP contribution in [0.5, 0.6) is 0 Å². The van der Waals surface area contributed by atoms with Crippen LogP contribution in [0.4, 0.5) is 5.69 Å². The maximum atomic E-state index is 12.3. The molecule has 2 aliphatic rings. The van der Waals surface area contributed by atoms with Gasteiger partial charge in [-0.3, -0.25) is 4.79 Å². The molecule has 0 unspecified atom stereocenters. The summed E-state index contributed by atoms with van der Waals surface area (Å²) in [6, 6.07) is 7.09. The zero-order chi connectivity index (χ0) is 14.5. The van der Waals surface area contributed by atoms with Crippen LogP contribution in [0.2, 0.25) is 0 Å².